The third-order valence-electron chi connectivity index (χ3n) is 1.74. The van der Waals surface area contributed by atoms with Crippen molar-refractivity contribution in [2.75, 3.05) is 11.2 Å². The van der Waals surface area contributed by atoms with E-state index in [1.807, 2.05) is 29.5 Å². The van der Waals surface area contributed by atoms with Crippen LogP contribution in [-0.4, -0.2) is 23.2 Å². The minimum Gasteiger partial charge on any atom is -0.466 e. The van der Waals surface area contributed by atoms with Crippen molar-refractivity contribution >= 4 is 34.5 Å². The van der Waals surface area contributed by atoms with Crippen molar-refractivity contribution in [1.82, 2.24) is 0 Å². The minimum atomic E-state index is -0.242. The summed E-state index contributed by atoms with van der Waals surface area (Å²) >= 11 is 1.96. The molecule has 0 bridgehead atoms. The number of ether oxygens (including phenoxy) is 2. The van der Waals surface area contributed by atoms with E-state index < -0.39 is 0 Å². The monoisotopic (exact) mass is 328 g/mol. The highest BCUT2D eigenvalue weighted by Gasteiger charge is 2.04. The quantitative estimate of drug-likeness (QED) is 0.297. The summed E-state index contributed by atoms with van der Waals surface area (Å²) in [5.74, 6) is -0.423. The summed E-state index contributed by atoms with van der Waals surface area (Å²) in [6.45, 7) is 2.33. The Kier molecular flexibility index (Phi) is 9.97. The Bertz CT molecular complexity index is 194. The Hall–Kier alpha value is -0.330. The fourth-order valence-corrected chi connectivity index (χ4v) is 1.28. The summed E-state index contributed by atoms with van der Waals surface area (Å²) in [4.78, 5) is 21.9. The van der Waals surface area contributed by atoms with Gasteiger partial charge in [0, 0.05) is 12.8 Å². The largest absolute Gasteiger partial charge is 0.466 e. The summed E-state index contributed by atoms with van der Waals surface area (Å²) < 4.78 is 10.0. The summed E-state index contributed by atoms with van der Waals surface area (Å²) in [5.41, 5.74) is 0. The summed E-state index contributed by atoms with van der Waals surface area (Å²) in [6.07, 6.45) is 3.15. The Morgan fingerprint density at radius 3 is 2.27 bits per heavy atom. The molecule has 0 amide bonds. The van der Waals surface area contributed by atoms with E-state index in [-0.39, 0.29) is 11.9 Å². The van der Waals surface area contributed by atoms with Crippen LogP contribution < -0.4 is 0 Å². The van der Waals surface area contributed by atoms with Crippen molar-refractivity contribution in [1.29, 1.82) is 0 Å². The van der Waals surface area contributed by atoms with Gasteiger partial charge in [-0.1, -0.05) is 13.3 Å². The number of carbonyl (C=O) groups is 2. The Morgan fingerprint density at radius 2 is 1.67 bits per heavy atom. The van der Waals surface area contributed by atoms with Gasteiger partial charge in [0.1, 0.15) is 4.61 Å². The smallest absolute Gasteiger partial charge is 0.306 e. The first-order valence-electron chi connectivity index (χ1n) is 5.08. The summed E-state index contributed by atoms with van der Waals surface area (Å²) in [5, 5.41) is 0. The van der Waals surface area contributed by atoms with Crippen LogP contribution in [0.1, 0.15) is 39.0 Å². The van der Waals surface area contributed by atoms with Crippen LogP contribution in [0.25, 0.3) is 0 Å². The molecule has 0 aliphatic carbocycles. The first-order valence-corrected chi connectivity index (χ1v) is 6.60. The standard InChI is InChI=1S/C10H17IO4/c1-2-3-5-9(12)14-7-4-6-10(13)15-8-11/h2-8H2,1H3. The molecule has 0 radical (unpaired) electrons. The third kappa shape index (κ3) is 9.96. The van der Waals surface area contributed by atoms with Crippen LogP contribution >= 0.6 is 22.6 Å². The fourth-order valence-electron chi connectivity index (χ4n) is 0.929. The Balaban J connectivity index is 3.30. The lowest BCUT2D eigenvalue weighted by Crippen LogP contribution is -2.08. The van der Waals surface area contributed by atoms with E-state index in [1.54, 1.807) is 0 Å². The van der Waals surface area contributed by atoms with Crippen LogP contribution in [0.5, 0.6) is 0 Å². The van der Waals surface area contributed by atoms with Crippen LogP contribution in [0.2, 0.25) is 0 Å². The molecule has 0 saturated heterocycles. The average Bonchev–Trinajstić information content (AvgIpc) is 2.22. The van der Waals surface area contributed by atoms with E-state index in [1.165, 1.54) is 0 Å². The molecular formula is C10H17IO4. The lowest BCUT2D eigenvalue weighted by molar-refractivity contribution is -0.146. The topological polar surface area (TPSA) is 52.6 Å². The molecule has 0 aliphatic heterocycles. The van der Waals surface area contributed by atoms with Gasteiger partial charge in [0.2, 0.25) is 0 Å². The maximum atomic E-state index is 11.0. The number of carbonyl (C=O) groups excluding carboxylic acids is 2. The molecule has 0 fully saturated rings. The molecule has 0 atom stereocenters. The number of esters is 2. The second-order valence-corrected chi connectivity index (χ2v) is 3.68. The number of rotatable bonds is 8. The van der Waals surface area contributed by atoms with Gasteiger partial charge in [0.25, 0.3) is 0 Å². The molecule has 5 heteroatoms. The number of unbranched alkanes of at least 4 members (excludes halogenated alkanes) is 1. The molecule has 0 aromatic heterocycles. The fraction of sp³-hybridized carbons (Fsp3) is 0.800. The molecule has 88 valence electrons. The van der Waals surface area contributed by atoms with E-state index in [2.05, 4.69) is 0 Å². The molecule has 0 aliphatic rings. The zero-order valence-corrected chi connectivity index (χ0v) is 11.1. The number of hydrogen-bond acceptors (Lipinski definition) is 4. The summed E-state index contributed by atoms with van der Waals surface area (Å²) in [7, 11) is 0. The van der Waals surface area contributed by atoms with Crippen molar-refractivity contribution in [3.8, 4) is 0 Å². The van der Waals surface area contributed by atoms with Gasteiger partial charge in [-0.25, -0.2) is 0 Å². The van der Waals surface area contributed by atoms with Crippen molar-refractivity contribution in [3.63, 3.8) is 0 Å². The van der Waals surface area contributed by atoms with Gasteiger partial charge in [-0.15, -0.1) is 0 Å². The van der Waals surface area contributed by atoms with Gasteiger partial charge in [-0.05, 0) is 35.4 Å². The van der Waals surface area contributed by atoms with E-state index in [0.717, 1.165) is 12.8 Å². The molecule has 0 saturated carbocycles. The Morgan fingerprint density at radius 1 is 1.07 bits per heavy atom. The first kappa shape index (κ1) is 14.7. The van der Waals surface area contributed by atoms with Crippen molar-refractivity contribution in [3.05, 3.63) is 0 Å². The predicted octanol–water partition coefficient (Wildman–Crippen LogP) is 2.44. The molecule has 15 heavy (non-hydrogen) atoms. The third-order valence-corrected chi connectivity index (χ3v) is 2.05. The van der Waals surface area contributed by atoms with Crippen molar-refractivity contribution in [2.24, 2.45) is 0 Å². The molecule has 0 rings (SSSR count). The SMILES string of the molecule is CCCCC(=O)OCCCC(=O)OCI. The van der Waals surface area contributed by atoms with Gasteiger partial charge in [0.05, 0.1) is 6.61 Å². The second-order valence-electron chi connectivity index (χ2n) is 3.05. The van der Waals surface area contributed by atoms with Gasteiger partial charge in [-0.3, -0.25) is 9.59 Å². The highest BCUT2D eigenvalue weighted by Crippen LogP contribution is 1.99. The van der Waals surface area contributed by atoms with Gasteiger partial charge < -0.3 is 9.47 Å². The lowest BCUT2D eigenvalue weighted by Gasteiger charge is -2.03. The van der Waals surface area contributed by atoms with Crippen LogP contribution in [-0.2, 0) is 19.1 Å². The van der Waals surface area contributed by atoms with E-state index in [0.29, 0.717) is 30.5 Å². The predicted molar refractivity (Wildman–Crippen MR) is 64.7 cm³/mol. The molecule has 4 nitrogen and oxygen atoms in total. The van der Waals surface area contributed by atoms with Crippen LogP contribution in [0.3, 0.4) is 0 Å². The van der Waals surface area contributed by atoms with E-state index in [4.69, 9.17) is 9.47 Å². The normalized spacial score (nSPS) is 9.73. The maximum Gasteiger partial charge on any atom is 0.306 e. The zero-order chi connectivity index (χ0) is 11.5. The van der Waals surface area contributed by atoms with Crippen molar-refractivity contribution < 1.29 is 19.1 Å². The Labute approximate surface area is 104 Å². The molecule has 0 aromatic carbocycles. The maximum absolute atomic E-state index is 11.0. The van der Waals surface area contributed by atoms with Gasteiger partial charge >= 0.3 is 11.9 Å². The van der Waals surface area contributed by atoms with Crippen LogP contribution in [0.15, 0.2) is 0 Å². The van der Waals surface area contributed by atoms with Crippen molar-refractivity contribution in [2.45, 2.75) is 39.0 Å². The van der Waals surface area contributed by atoms with E-state index >= 15 is 0 Å². The zero-order valence-electron chi connectivity index (χ0n) is 8.96. The van der Waals surface area contributed by atoms with Crippen LogP contribution in [0.4, 0.5) is 0 Å². The highest BCUT2D eigenvalue weighted by molar-refractivity contribution is 14.1. The van der Waals surface area contributed by atoms with Gasteiger partial charge in [-0.2, -0.15) is 0 Å². The molecular weight excluding hydrogens is 311 g/mol. The molecule has 0 spiro atoms. The lowest BCUT2D eigenvalue weighted by atomic mass is 10.2. The molecule has 0 aromatic rings. The average molecular weight is 328 g/mol. The van der Waals surface area contributed by atoms with Crippen LogP contribution in [0, 0.1) is 0 Å². The molecule has 0 N–H and O–H groups in total. The minimum absolute atomic E-state index is 0.181. The van der Waals surface area contributed by atoms with Gasteiger partial charge in [0.15, 0.2) is 0 Å². The molecule has 0 heterocycles. The molecule has 0 unspecified atom stereocenters. The summed E-state index contributed by atoms with van der Waals surface area (Å²) in [6, 6.07) is 0. The van der Waals surface area contributed by atoms with E-state index in [9.17, 15) is 9.59 Å². The highest BCUT2D eigenvalue weighted by atomic mass is 127. The number of alkyl halides is 1. The number of halogens is 1. The second kappa shape index (κ2) is 10.2. The number of hydrogen-bond donors (Lipinski definition) is 0. The first-order chi connectivity index (χ1) is 7.20.